The van der Waals surface area contributed by atoms with Crippen molar-refractivity contribution in [3.05, 3.63) is 30.2 Å². The van der Waals surface area contributed by atoms with Crippen molar-refractivity contribution in [2.75, 3.05) is 11.9 Å². The van der Waals surface area contributed by atoms with Gasteiger partial charge in [-0.2, -0.15) is 10.2 Å². The predicted octanol–water partition coefficient (Wildman–Crippen LogP) is 1.34. The average molecular weight is 275 g/mol. The molecule has 3 heterocycles. The number of carbonyl (C=O) groups is 1. The zero-order valence-corrected chi connectivity index (χ0v) is 11.2. The van der Waals surface area contributed by atoms with E-state index >= 15 is 0 Å². The Morgan fingerprint density at radius 3 is 3.25 bits per heavy atom. The molecule has 106 valence electrons. The molecular formula is C13H17N5O2. The summed E-state index contributed by atoms with van der Waals surface area (Å²) in [6.45, 7) is 3.41. The summed E-state index contributed by atoms with van der Waals surface area (Å²) in [6.07, 6.45) is 5.80. The number of nitrogens with zero attached hydrogens (tertiary/aromatic N) is 3. The minimum Gasteiger partial charge on any atom is -0.373 e. The highest BCUT2D eigenvalue weighted by molar-refractivity contribution is 5.92. The summed E-state index contributed by atoms with van der Waals surface area (Å²) in [4.78, 5) is 12.3. The normalized spacial score (nSPS) is 22.1. The highest BCUT2D eigenvalue weighted by atomic mass is 16.5. The van der Waals surface area contributed by atoms with Crippen LogP contribution in [0.3, 0.4) is 0 Å². The van der Waals surface area contributed by atoms with Crippen LogP contribution in [0.4, 0.5) is 5.82 Å². The summed E-state index contributed by atoms with van der Waals surface area (Å²) in [7, 11) is 0. The molecule has 0 spiro atoms. The van der Waals surface area contributed by atoms with Crippen LogP contribution in [0.25, 0.3) is 0 Å². The molecular weight excluding hydrogens is 258 g/mol. The molecule has 1 aliphatic heterocycles. The molecule has 2 aromatic heterocycles. The number of hydrogen-bond donors (Lipinski definition) is 2. The number of carbonyl (C=O) groups excluding carboxylic acids is 1. The minimum atomic E-state index is -0.224. The van der Waals surface area contributed by atoms with E-state index < -0.39 is 0 Å². The molecule has 3 rings (SSSR count). The van der Waals surface area contributed by atoms with E-state index in [4.69, 9.17) is 4.74 Å². The maximum Gasteiger partial charge on any atom is 0.231 e. The third-order valence-corrected chi connectivity index (χ3v) is 3.49. The number of nitrogens with one attached hydrogen (secondary N) is 2. The summed E-state index contributed by atoms with van der Waals surface area (Å²) in [6, 6.07) is 1.72. The Labute approximate surface area is 116 Å². The molecule has 0 radical (unpaired) electrons. The third-order valence-electron chi connectivity index (χ3n) is 3.49. The van der Waals surface area contributed by atoms with Crippen molar-refractivity contribution in [1.29, 1.82) is 0 Å². The fraction of sp³-hybridized carbons (Fsp3) is 0.462. The molecule has 2 aromatic rings. The van der Waals surface area contributed by atoms with Gasteiger partial charge in [0, 0.05) is 31.0 Å². The maximum atomic E-state index is 12.3. The Morgan fingerprint density at radius 2 is 2.55 bits per heavy atom. The smallest absolute Gasteiger partial charge is 0.231 e. The summed E-state index contributed by atoms with van der Waals surface area (Å²) < 4.78 is 7.54. The van der Waals surface area contributed by atoms with Crippen LogP contribution in [-0.2, 0) is 16.1 Å². The van der Waals surface area contributed by atoms with Gasteiger partial charge in [-0.15, -0.1) is 0 Å². The standard InChI is InChI=1S/C13H17N5O2/c1-2-18-8-9(7-15-18)12-10(4-6-20-12)13(19)16-11-3-5-14-17-11/h3,5,7-8,10,12H,2,4,6H2,1H3,(H2,14,16,17,19)/t10-,12+/m0/s1. The van der Waals surface area contributed by atoms with Gasteiger partial charge in [-0.1, -0.05) is 0 Å². The van der Waals surface area contributed by atoms with Gasteiger partial charge < -0.3 is 10.1 Å². The van der Waals surface area contributed by atoms with Gasteiger partial charge in [0.15, 0.2) is 0 Å². The fourth-order valence-electron chi connectivity index (χ4n) is 2.44. The van der Waals surface area contributed by atoms with Gasteiger partial charge in [0.25, 0.3) is 0 Å². The van der Waals surface area contributed by atoms with Gasteiger partial charge in [0.05, 0.1) is 24.4 Å². The van der Waals surface area contributed by atoms with Crippen molar-refractivity contribution in [1.82, 2.24) is 20.0 Å². The van der Waals surface area contributed by atoms with E-state index in [1.54, 1.807) is 18.5 Å². The first-order chi connectivity index (χ1) is 9.78. The quantitative estimate of drug-likeness (QED) is 0.882. The Hall–Kier alpha value is -2.15. The fourth-order valence-corrected chi connectivity index (χ4v) is 2.44. The van der Waals surface area contributed by atoms with E-state index in [0.717, 1.165) is 12.1 Å². The predicted molar refractivity (Wildman–Crippen MR) is 71.9 cm³/mol. The highest BCUT2D eigenvalue weighted by Gasteiger charge is 2.36. The van der Waals surface area contributed by atoms with E-state index in [0.29, 0.717) is 18.8 Å². The largest absolute Gasteiger partial charge is 0.373 e. The maximum absolute atomic E-state index is 12.3. The van der Waals surface area contributed by atoms with Crippen LogP contribution in [0.2, 0.25) is 0 Å². The number of rotatable bonds is 4. The first-order valence-electron chi connectivity index (χ1n) is 6.72. The average Bonchev–Trinajstić information content (AvgIpc) is 3.19. The molecule has 2 atom stereocenters. The second-order valence-electron chi connectivity index (χ2n) is 4.78. The van der Waals surface area contributed by atoms with Gasteiger partial charge in [-0.3, -0.25) is 14.6 Å². The van der Waals surface area contributed by atoms with Crippen LogP contribution >= 0.6 is 0 Å². The molecule has 0 bridgehead atoms. The molecule has 7 nitrogen and oxygen atoms in total. The lowest BCUT2D eigenvalue weighted by Gasteiger charge is -2.16. The monoisotopic (exact) mass is 275 g/mol. The van der Waals surface area contributed by atoms with Crippen molar-refractivity contribution in [2.24, 2.45) is 5.92 Å². The number of aromatic nitrogens is 4. The summed E-state index contributed by atoms with van der Waals surface area (Å²) in [5.41, 5.74) is 0.953. The van der Waals surface area contributed by atoms with Crippen molar-refractivity contribution in [3.8, 4) is 0 Å². The van der Waals surface area contributed by atoms with Gasteiger partial charge in [-0.05, 0) is 13.3 Å². The van der Waals surface area contributed by atoms with Gasteiger partial charge in [-0.25, -0.2) is 0 Å². The highest BCUT2D eigenvalue weighted by Crippen LogP contribution is 2.35. The minimum absolute atomic E-state index is 0.0546. The molecule has 7 heteroatoms. The molecule has 1 fully saturated rings. The number of ether oxygens (including phenoxy) is 1. The molecule has 1 amide bonds. The van der Waals surface area contributed by atoms with Crippen molar-refractivity contribution < 1.29 is 9.53 Å². The number of aryl methyl sites for hydroxylation is 1. The van der Waals surface area contributed by atoms with E-state index in [9.17, 15) is 4.79 Å². The Balaban J connectivity index is 1.73. The van der Waals surface area contributed by atoms with Crippen LogP contribution in [0.5, 0.6) is 0 Å². The van der Waals surface area contributed by atoms with E-state index in [2.05, 4.69) is 20.6 Å². The lowest BCUT2D eigenvalue weighted by molar-refractivity contribution is -0.121. The van der Waals surface area contributed by atoms with Crippen molar-refractivity contribution in [3.63, 3.8) is 0 Å². The molecule has 20 heavy (non-hydrogen) atoms. The van der Waals surface area contributed by atoms with Crippen LogP contribution in [0.1, 0.15) is 25.0 Å². The third kappa shape index (κ3) is 2.44. The summed E-state index contributed by atoms with van der Waals surface area (Å²) in [5, 5.41) is 13.6. The van der Waals surface area contributed by atoms with E-state index in [1.807, 2.05) is 17.8 Å². The SMILES string of the molecule is CCn1cc([C@H]2OCC[C@@H]2C(=O)Nc2ccn[nH]2)cn1. The van der Waals surface area contributed by atoms with Gasteiger partial charge in [0.1, 0.15) is 5.82 Å². The summed E-state index contributed by atoms with van der Waals surface area (Å²) in [5.74, 6) is 0.346. The van der Waals surface area contributed by atoms with Crippen molar-refractivity contribution in [2.45, 2.75) is 26.0 Å². The van der Waals surface area contributed by atoms with Crippen LogP contribution < -0.4 is 5.32 Å². The zero-order chi connectivity index (χ0) is 13.9. The lowest BCUT2D eigenvalue weighted by Crippen LogP contribution is -2.25. The lowest BCUT2D eigenvalue weighted by atomic mass is 9.96. The number of amides is 1. The topological polar surface area (TPSA) is 84.8 Å². The van der Waals surface area contributed by atoms with E-state index in [1.165, 1.54) is 0 Å². The Morgan fingerprint density at radius 1 is 1.65 bits per heavy atom. The first-order valence-corrected chi connectivity index (χ1v) is 6.72. The van der Waals surface area contributed by atoms with Crippen LogP contribution in [0, 0.1) is 5.92 Å². The Bertz CT molecular complexity index is 577. The number of H-pyrrole nitrogens is 1. The molecule has 0 saturated carbocycles. The molecule has 1 saturated heterocycles. The van der Waals surface area contributed by atoms with E-state index in [-0.39, 0.29) is 17.9 Å². The number of anilines is 1. The summed E-state index contributed by atoms with van der Waals surface area (Å²) >= 11 is 0. The molecule has 1 aliphatic rings. The number of hydrogen-bond acceptors (Lipinski definition) is 4. The second kappa shape index (κ2) is 5.46. The van der Waals surface area contributed by atoms with Gasteiger partial charge >= 0.3 is 0 Å². The zero-order valence-electron chi connectivity index (χ0n) is 11.2. The van der Waals surface area contributed by atoms with Crippen molar-refractivity contribution >= 4 is 11.7 Å². The van der Waals surface area contributed by atoms with Crippen LogP contribution in [-0.4, -0.2) is 32.5 Å². The molecule has 2 N–H and O–H groups in total. The molecule has 0 unspecified atom stereocenters. The Kier molecular flexibility index (Phi) is 3.51. The number of aromatic amines is 1. The van der Waals surface area contributed by atoms with Crippen LogP contribution in [0.15, 0.2) is 24.7 Å². The first kappa shape index (κ1) is 12.9. The molecule has 0 aromatic carbocycles. The second-order valence-corrected chi connectivity index (χ2v) is 4.78. The van der Waals surface area contributed by atoms with Gasteiger partial charge in [0.2, 0.25) is 5.91 Å². The molecule has 0 aliphatic carbocycles.